The maximum atomic E-state index is 4.23. The summed E-state index contributed by atoms with van der Waals surface area (Å²) in [6, 6.07) is 0. The minimum absolute atomic E-state index is 1.06. The van der Waals surface area contributed by atoms with Crippen molar-refractivity contribution in [3.8, 4) is 0 Å². The molecule has 1 aromatic heterocycles. The zero-order valence-electron chi connectivity index (χ0n) is 6.36. The van der Waals surface area contributed by atoms with Gasteiger partial charge in [0.05, 0.1) is 5.69 Å². The van der Waals surface area contributed by atoms with Crippen LogP contribution in [0.2, 0.25) is 0 Å². The molecule has 0 spiro atoms. The van der Waals surface area contributed by atoms with Crippen LogP contribution in [-0.4, -0.2) is 9.97 Å². The van der Waals surface area contributed by atoms with E-state index in [0.29, 0.717) is 0 Å². The Morgan fingerprint density at radius 2 is 2.25 bits per heavy atom. The van der Waals surface area contributed by atoms with Crippen LogP contribution in [0.3, 0.4) is 0 Å². The Hall–Kier alpha value is -1.70. The van der Waals surface area contributed by atoms with Gasteiger partial charge in [0.25, 0.3) is 0 Å². The van der Waals surface area contributed by atoms with Crippen LogP contribution in [0.1, 0.15) is 11.3 Å². The number of rotatable bonds is 0. The van der Waals surface area contributed by atoms with Crippen molar-refractivity contribution in [2.45, 2.75) is 0 Å². The number of hydrogen-bond acceptors (Lipinski definition) is 2. The van der Waals surface area contributed by atoms with Gasteiger partial charge < -0.3 is 0 Å². The lowest BCUT2D eigenvalue weighted by molar-refractivity contribution is 1.14. The van der Waals surface area contributed by atoms with Gasteiger partial charge in [-0.1, -0.05) is 18.2 Å². The molecule has 0 atom stereocenters. The summed E-state index contributed by atoms with van der Waals surface area (Å²) in [5, 5.41) is 0. The van der Waals surface area contributed by atoms with Crippen molar-refractivity contribution in [1.29, 1.82) is 0 Å². The highest BCUT2D eigenvalue weighted by molar-refractivity contribution is 5.97. The van der Waals surface area contributed by atoms with E-state index >= 15 is 0 Å². The van der Waals surface area contributed by atoms with Crippen LogP contribution in [0.5, 0.6) is 0 Å². The van der Waals surface area contributed by atoms with E-state index in [0.717, 1.165) is 11.3 Å². The number of fused-ring (bicyclic) bond motifs is 3. The van der Waals surface area contributed by atoms with Gasteiger partial charge in [0, 0.05) is 17.3 Å². The number of aromatic nitrogens is 2. The van der Waals surface area contributed by atoms with Crippen LogP contribution in [-0.2, 0) is 0 Å². The molecule has 0 N–H and O–H groups in total. The third kappa shape index (κ3) is 0.593. The normalized spacial score (nSPS) is 17.0. The van der Waals surface area contributed by atoms with Crippen molar-refractivity contribution < 1.29 is 0 Å². The van der Waals surface area contributed by atoms with Crippen molar-refractivity contribution in [2.24, 2.45) is 0 Å². The molecule has 0 saturated heterocycles. The largest absolute Gasteiger partial charge is 0.244 e. The van der Waals surface area contributed by atoms with Gasteiger partial charge in [0.1, 0.15) is 6.33 Å². The topological polar surface area (TPSA) is 25.8 Å². The lowest BCUT2D eigenvalue weighted by Gasteiger charge is -1.96. The Kier molecular flexibility index (Phi) is 0.939. The van der Waals surface area contributed by atoms with Crippen LogP contribution in [0.15, 0.2) is 36.3 Å². The number of allylic oxidation sites excluding steroid dienone is 5. The second-order valence-electron chi connectivity index (χ2n) is 2.87. The molecule has 56 valence electrons. The third-order valence-electron chi connectivity index (χ3n) is 2.16. The van der Waals surface area contributed by atoms with Crippen LogP contribution in [0.4, 0.5) is 0 Å². The standard InChI is InChI=1S/C10H6N2/c1-2-7-4-8-5-11-6-12-10(8)9(7)3-1/h1-6H. The van der Waals surface area contributed by atoms with Crippen LogP contribution < -0.4 is 0 Å². The third-order valence-corrected chi connectivity index (χ3v) is 2.16. The summed E-state index contributed by atoms with van der Waals surface area (Å²) in [6.45, 7) is 0. The molecule has 0 bridgehead atoms. The first-order valence-corrected chi connectivity index (χ1v) is 3.86. The first-order chi connectivity index (χ1) is 5.95. The van der Waals surface area contributed by atoms with E-state index in [1.54, 1.807) is 6.33 Å². The monoisotopic (exact) mass is 154 g/mol. The van der Waals surface area contributed by atoms with Gasteiger partial charge in [-0.3, -0.25) is 0 Å². The number of hydrogen-bond donors (Lipinski definition) is 0. The number of nitrogens with zero attached hydrogens (tertiary/aromatic N) is 2. The molecular weight excluding hydrogens is 148 g/mol. The van der Waals surface area contributed by atoms with E-state index in [2.05, 4.69) is 28.2 Å². The molecule has 12 heavy (non-hydrogen) atoms. The second-order valence-corrected chi connectivity index (χ2v) is 2.87. The molecule has 0 aromatic carbocycles. The molecule has 2 heteroatoms. The van der Waals surface area contributed by atoms with Gasteiger partial charge in [-0.15, -0.1) is 0 Å². The smallest absolute Gasteiger partial charge is 0.116 e. The molecule has 0 amide bonds. The Labute approximate surface area is 70.0 Å². The van der Waals surface area contributed by atoms with E-state index in [4.69, 9.17) is 0 Å². The fraction of sp³-hybridized carbons (Fsp3) is 0. The predicted octanol–water partition coefficient (Wildman–Crippen LogP) is 1.83. The molecule has 0 aliphatic heterocycles. The first kappa shape index (κ1) is 5.89. The molecule has 2 aliphatic carbocycles. The summed E-state index contributed by atoms with van der Waals surface area (Å²) in [5.74, 6) is 0. The van der Waals surface area contributed by atoms with E-state index in [1.807, 2.05) is 12.3 Å². The molecule has 1 heterocycles. The van der Waals surface area contributed by atoms with Crippen molar-refractivity contribution in [1.82, 2.24) is 9.97 Å². The van der Waals surface area contributed by atoms with Crippen molar-refractivity contribution in [3.05, 3.63) is 47.6 Å². The maximum Gasteiger partial charge on any atom is 0.116 e. The lowest BCUT2D eigenvalue weighted by Crippen LogP contribution is -1.87. The Morgan fingerprint density at radius 1 is 1.25 bits per heavy atom. The summed E-state index contributed by atoms with van der Waals surface area (Å²) in [7, 11) is 0. The predicted molar refractivity (Wildman–Crippen MR) is 47.1 cm³/mol. The zero-order valence-corrected chi connectivity index (χ0v) is 6.36. The lowest BCUT2D eigenvalue weighted by atomic mass is 10.1. The molecule has 0 radical (unpaired) electrons. The quantitative estimate of drug-likeness (QED) is 0.569. The fourth-order valence-electron chi connectivity index (χ4n) is 1.61. The maximum absolute atomic E-state index is 4.23. The second kappa shape index (κ2) is 1.91. The summed E-state index contributed by atoms with van der Waals surface area (Å²) >= 11 is 0. The van der Waals surface area contributed by atoms with Gasteiger partial charge >= 0.3 is 0 Å². The first-order valence-electron chi connectivity index (χ1n) is 3.86. The van der Waals surface area contributed by atoms with Gasteiger partial charge in [-0.2, -0.15) is 0 Å². The van der Waals surface area contributed by atoms with Gasteiger partial charge in [-0.05, 0) is 11.6 Å². The van der Waals surface area contributed by atoms with E-state index in [-0.39, 0.29) is 0 Å². The van der Waals surface area contributed by atoms with Crippen LogP contribution in [0, 0.1) is 0 Å². The average Bonchev–Trinajstić information content (AvgIpc) is 2.62. The average molecular weight is 154 g/mol. The molecule has 0 fully saturated rings. The minimum Gasteiger partial charge on any atom is -0.244 e. The fourth-order valence-corrected chi connectivity index (χ4v) is 1.61. The Bertz CT molecular complexity index is 439. The molecule has 2 nitrogen and oxygen atoms in total. The molecule has 2 aliphatic rings. The van der Waals surface area contributed by atoms with Crippen molar-refractivity contribution in [3.63, 3.8) is 0 Å². The minimum atomic E-state index is 1.06. The van der Waals surface area contributed by atoms with Gasteiger partial charge in [0.2, 0.25) is 0 Å². The Morgan fingerprint density at radius 3 is 3.25 bits per heavy atom. The van der Waals surface area contributed by atoms with E-state index in [9.17, 15) is 0 Å². The van der Waals surface area contributed by atoms with Gasteiger partial charge in [0.15, 0.2) is 0 Å². The molecular formula is C10H6N2. The van der Waals surface area contributed by atoms with Gasteiger partial charge in [-0.25, -0.2) is 9.97 Å². The summed E-state index contributed by atoms with van der Waals surface area (Å²) in [4.78, 5) is 8.21. The van der Waals surface area contributed by atoms with Crippen LogP contribution in [0.25, 0.3) is 11.6 Å². The molecule has 3 rings (SSSR count). The molecule has 0 unspecified atom stereocenters. The highest BCUT2D eigenvalue weighted by Crippen LogP contribution is 2.36. The van der Waals surface area contributed by atoms with Crippen molar-refractivity contribution in [2.75, 3.05) is 0 Å². The Balaban J connectivity index is 2.33. The highest BCUT2D eigenvalue weighted by atomic mass is 14.8. The van der Waals surface area contributed by atoms with Crippen LogP contribution >= 0.6 is 0 Å². The summed E-state index contributed by atoms with van der Waals surface area (Å²) in [6.07, 6.45) is 11.8. The molecule has 1 aromatic rings. The van der Waals surface area contributed by atoms with E-state index in [1.165, 1.54) is 11.1 Å². The zero-order chi connectivity index (χ0) is 7.97. The van der Waals surface area contributed by atoms with E-state index < -0.39 is 0 Å². The molecule has 0 saturated carbocycles. The van der Waals surface area contributed by atoms with Crippen molar-refractivity contribution >= 4 is 11.6 Å². The summed E-state index contributed by atoms with van der Waals surface area (Å²) < 4.78 is 0. The summed E-state index contributed by atoms with van der Waals surface area (Å²) in [5.41, 5.74) is 4.67. The highest BCUT2D eigenvalue weighted by Gasteiger charge is 2.19. The SMILES string of the molecule is C1=CC2=Cc3cncnc3C2=C1.